The van der Waals surface area contributed by atoms with Crippen molar-refractivity contribution < 1.29 is 14.3 Å². The maximum absolute atomic E-state index is 12.9. The van der Waals surface area contributed by atoms with Crippen LogP contribution in [0.5, 0.6) is 5.75 Å². The number of amides is 2. The fraction of sp³-hybridized carbons (Fsp3) is 0.364. The third-order valence-electron chi connectivity index (χ3n) is 4.50. The molecule has 2 amide bonds. The average molecular weight is 368 g/mol. The minimum absolute atomic E-state index is 0.112. The molecule has 1 N–H and O–H groups in total. The lowest BCUT2D eigenvalue weighted by atomic mass is 10.1. The van der Waals surface area contributed by atoms with Crippen LogP contribution in [-0.4, -0.2) is 35.9 Å². The highest BCUT2D eigenvalue weighted by molar-refractivity contribution is 5.87. The Labute approximate surface area is 161 Å². The van der Waals surface area contributed by atoms with E-state index in [0.29, 0.717) is 18.8 Å². The van der Waals surface area contributed by atoms with Crippen LogP contribution in [0, 0.1) is 13.8 Å². The highest BCUT2D eigenvalue weighted by atomic mass is 16.5. The topological polar surface area (TPSA) is 58.6 Å². The van der Waals surface area contributed by atoms with Gasteiger partial charge in [-0.25, -0.2) is 0 Å². The van der Waals surface area contributed by atoms with E-state index >= 15 is 0 Å². The molecule has 0 spiro atoms. The van der Waals surface area contributed by atoms with E-state index < -0.39 is 6.04 Å². The van der Waals surface area contributed by atoms with E-state index in [1.165, 1.54) is 0 Å². The summed E-state index contributed by atoms with van der Waals surface area (Å²) in [7, 11) is 0. The molecule has 0 aliphatic heterocycles. The maximum atomic E-state index is 12.9. The number of nitrogens with one attached hydrogen (secondary N) is 1. The molecule has 144 valence electrons. The van der Waals surface area contributed by atoms with E-state index in [9.17, 15) is 9.59 Å². The Morgan fingerprint density at radius 3 is 2.37 bits per heavy atom. The first-order valence-corrected chi connectivity index (χ1v) is 9.23. The van der Waals surface area contributed by atoms with Crippen molar-refractivity contribution >= 4 is 11.8 Å². The molecular formula is C22H28N2O3. The number of hydrogen-bond donors (Lipinski definition) is 1. The van der Waals surface area contributed by atoms with Crippen LogP contribution in [0.25, 0.3) is 0 Å². The number of carbonyl (C=O) groups is 2. The van der Waals surface area contributed by atoms with Crippen LogP contribution < -0.4 is 10.1 Å². The van der Waals surface area contributed by atoms with Gasteiger partial charge < -0.3 is 15.0 Å². The summed E-state index contributed by atoms with van der Waals surface area (Å²) in [4.78, 5) is 26.8. The Balaban J connectivity index is 2.14. The SMILES string of the molecule is CCNC(=O)C(C)N(Cc1ccccc1C)C(=O)COc1ccc(C)cc1. The Morgan fingerprint density at radius 2 is 1.74 bits per heavy atom. The van der Waals surface area contributed by atoms with Crippen LogP contribution >= 0.6 is 0 Å². The monoisotopic (exact) mass is 368 g/mol. The lowest BCUT2D eigenvalue weighted by molar-refractivity contribution is -0.142. The smallest absolute Gasteiger partial charge is 0.261 e. The zero-order valence-electron chi connectivity index (χ0n) is 16.5. The van der Waals surface area contributed by atoms with Gasteiger partial charge in [0.2, 0.25) is 5.91 Å². The highest BCUT2D eigenvalue weighted by Gasteiger charge is 2.26. The van der Waals surface area contributed by atoms with Crippen molar-refractivity contribution in [1.29, 1.82) is 0 Å². The minimum atomic E-state index is -0.585. The number of benzene rings is 2. The summed E-state index contributed by atoms with van der Waals surface area (Å²) in [6.07, 6.45) is 0. The van der Waals surface area contributed by atoms with E-state index in [-0.39, 0.29) is 18.4 Å². The molecule has 0 bridgehead atoms. The molecule has 0 aromatic heterocycles. The Morgan fingerprint density at radius 1 is 1.07 bits per heavy atom. The second kappa shape index (κ2) is 9.76. The fourth-order valence-electron chi connectivity index (χ4n) is 2.74. The first kappa shape index (κ1) is 20.5. The van der Waals surface area contributed by atoms with Crippen molar-refractivity contribution in [3.63, 3.8) is 0 Å². The third-order valence-corrected chi connectivity index (χ3v) is 4.50. The van der Waals surface area contributed by atoms with Gasteiger partial charge in [-0.15, -0.1) is 0 Å². The molecule has 5 nitrogen and oxygen atoms in total. The summed E-state index contributed by atoms with van der Waals surface area (Å²) in [6.45, 7) is 8.37. The zero-order chi connectivity index (χ0) is 19.8. The quantitative estimate of drug-likeness (QED) is 0.778. The van der Waals surface area contributed by atoms with Gasteiger partial charge in [-0.2, -0.15) is 0 Å². The van der Waals surface area contributed by atoms with E-state index in [1.807, 2.05) is 69.3 Å². The van der Waals surface area contributed by atoms with Crippen LogP contribution in [0.3, 0.4) is 0 Å². The first-order chi connectivity index (χ1) is 12.9. The molecule has 1 unspecified atom stereocenters. The predicted octanol–water partition coefficient (Wildman–Crippen LogP) is 3.24. The first-order valence-electron chi connectivity index (χ1n) is 9.23. The van der Waals surface area contributed by atoms with E-state index in [2.05, 4.69) is 5.32 Å². The van der Waals surface area contributed by atoms with Gasteiger partial charge in [0, 0.05) is 13.1 Å². The van der Waals surface area contributed by atoms with Gasteiger partial charge >= 0.3 is 0 Å². The number of carbonyl (C=O) groups excluding carboxylic acids is 2. The molecule has 0 aliphatic carbocycles. The van der Waals surface area contributed by atoms with E-state index in [1.54, 1.807) is 11.8 Å². The van der Waals surface area contributed by atoms with Gasteiger partial charge in [0.05, 0.1) is 0 Å². The molecule has 27 heavy (non-hydrogen) atoms. The van der Waals surface area contributed by atoms with Crippen molar-refractivity contribution in [2.75, 3.05) is 13.2 Å². The number of likely N-dealkylation sites (N-methyl/N-ethyl adjacent to an activating group) is 1. The van der Waals surface area contributed by atoms with Crippen molar-refractivity contribution in [1.82, 2.24) is 10.2 Å². The second-order valence-electron chi connectivity index (χ2n) is 6.62. The molecule has 1 atom stereocenters. The van der Waals surface area contributed by atoms with Crippen molar-refractivity contribution in [2.45, 2.75) is 40.3 Å². The molecule has 0 fully saturated rings. The molecular weight excluding hydrogens is 340 g/mol. The standard InChI is InChI=1S/C22H28N2O3/c1-5-23-22(26)18(4)24(14-19-9-7-6-8-17(19)3)21(25)15-27-20-12-10-16(2)11-13-20/h6-13,18H,5,14-15H2,1-4H3,(H,23,26). The van der Waals surface area contributed by atoms with Crippen LogP contribution in [0.1, 0.15) is 30.5 Å². The maximum Gasteiger partial charge on any atom is 0.261 e. The summed E-state index contributed by atoms with van der Waals surface area (Å²) < 4.78 is 5.64. The number of hydrogen-bond acceptors (Lipinski definition) is 3. The summed E-state index contributed by atoms with van der Waals surface area (Å²) in [5.41, 5.74) is 3.22. The number of ether oxygens (including phenoxy) is 1. The molecule has 0 aliphatic rings. The molecule has 2 aromatic rings. The van der Waals surface area contributed by atoms with E-state index in [0.717, 1.165) is 16.7 Å². The Hall–Kier alpha value is -2.82. The molecule has 0 heterocycles. The zero-order valence-corrected chi connectivity index (χ0v) is 16.5. The van der Waals surface area contributed by atoms with Crippen molar-refractivity contribution in [3.8, 4) is 5.75 Å². The van der Waals surface area contributed by atoms with Gasteiger partial charge in [0.1, 0.15) is 11.8 Å². The van der Waals surface area contributed by atoms with Crippen LogP contribution in [-0.2, 0) is 16.1 Å². The number of aryl methyl sites for hydroxylation is 2. The summed E-state index contributed by atoms with van der Waals surface area (Å²) in [5, 5.41) is 2.79. The lowest BCUT2D eigenvalue weighted by Gasteiger charge is -2.29. The van der Waals surface area contributed by atoms with E-state index in [4.69, 9.17) is 4.74 Å². The van der Waals surface area contributed by atoms with Crippen LogP contribution in [0.15, 0.2) is 48.5 Å². The molecule has 5 heteroatoms. The summed E-state index contributed by atoms with van der Waals surface area (Å²) in [5.74, 6) is 0.239. The average Bonchev–Trinajstić information content (AvgIpc) is 2.66. The Bertz CT molecular complexity index is 771. The van der Waals surface area contributed by atoms with Crippen molar-refractivity contribution in [2.24, 2.45) is 0 Å². The predicted molar refractivity (Wildman–Crippen MR) is 107 cm³/mol. The normalized spacial score (nSPS) is 11.6. The summed E-state index contributed by atoms with van der Waals surface area (Å²) >= 11 is 0. The highest BCUT2D eigenvalue weighted by Crippen LogP contribution is 2.15. The number of nitrogens with zero attached hydrogens (tertiary/aromatic N) is 1. The fourth-order valence-corrected chi connectivity index (χ4v) is 2.74. The molecule has 0 radical (unpaired) electrons. The van der Waals surface area contributed by atoms with Gasteiger partial charge in [0.25, 0.3) is 5.91 Å². The van der Waals surface area contributed by atoms with Crippen molar-refractivity contribution in [3.05, 3.63) is 65.2 Å². The molecule has 0 saturated carbocycles. The molecule has 0 saturated heterocycles. The van der Waals surface area contributed by atoms with Crippen LogP contribution in [0.2, 0.25) is 0 Å². The minimum Gasteiger partial charge on any atom is -0.484 e. The summed E-state index contributed by atoms with van der Waals surface area (Å²) in [6, 6.07) is 14.8. The van der Waals surface area contributed by atoms with Gasteiger partial charge in [-0.3, -0.25) is 9.59 Å². The number of rotatable bonds is 8. The Kier molecular flexibility index (Phi) is 7.41. The van der Waals surface area contributed by atoms with Gasteiger partial charge in [-0.1, -0.05) is 42.0 Å². The third kappa shape index (κ3) is 5.84. The second-order valence-corrected chi connectivity index (χ2v) is 6.62. The molecule has 2 rings (SSSR count). The van der Waals surface area contributed by atoms with Gasteiger partial charge in [0.15, 0.2) is 6.61 Å². The van der Waals surface area contributed by atoms with Crippen LogP contribution in [0.4, 0.5) is 0 Å². The molecule has 2 aromatic carbocycles. The lowest BCUT2D eigenvalue weighted by Crippen LogP contribution is -2.49. The van der Waals surface area contributed by atoms with Gasteiger partial charge in [-0.05, 0) is 51.0 Å². The largest absolute Gasteiger partial charge is 0.484 e.